The molecule has 1 saturated heterocycles. The summed E-state index contributed by atoms with van der Waals surface area (Å²) in [6.45, 7) is 2.02. The summed E-state index contributed by atoms with van der Waals surface area (Å²) >= 11 is 0. The maximum atomic E-state index is 14.5. The number of halogens is 2. The molecule has 0 saturated carbocycles. The molecule has 33 heavy (non-hydrogen) atoms. The predicted molar refractivity (Wildman–Crippen MR) is 124 cm³/mol. The molecular weight excluding hydrogens is 424 g/mol. The topological polar surface area (TPSA) is 52.7 Å². The minimum absolute atomic E-state index is 0.0174. The lowest BCUT2D eigenvalue weighted by Gasteiger charge is -2.18. The number of nitrogens with one attached hydrogen (secondary N) is 1. The standard InChI is InChI=1S/C26H21F2N3O2/c27-18-9-7-17(8-10-18)23-24(26(33)31(25(23)32)22-6-2-1-5-21(22)28)29-19-11-13-20(14-12-19)30-15-3-4-16-30/h1-2,5-14,29H,3-4,15-16H2. The maximum Gasteiger partial charge on any atom is 0.282 e. The third kappa shape index (κ3) is 3.86. The molecule has 7 heteroatoms. The number of anilines is 3. The molecule has 5 rings (SSSR count). The first-order valence-electron chi connectivity index (χ1n) is 10.8. The predicted octanol–water partition coefficient (Wildman–Crippen LogP) is 4.96. The van der Waals surface area contributed by atoms with E-state index in [1.807, 2.05) is 24.3 Å². The highest BCUT2D eigenvalue weighted by atomic mass is 19.1. The van der Waals surface area contributed by atoms with E-state index in [4.69, 9.17) is 0 Å². The van der Waals surface area contributed by atoms with Gasteiger partial charge in [0.15, 0.2) is 0 Å². The molecule has 0 spiro atoms. The Morgan fingerprint density at radius 2 is 1.42 bits per heavy atom. The van der Waals surface area contributed by atoms with E-state index in [9.17, 15) is 18.4 Å². The number of para-hydroxylation sites is 1. The highest BCUT2D eigenvalue weighted by Gasteiger charge is 2.41. The molecule has 166 valence electrons. The van der Waals surface area contributed by atoms with E-state index in [2.05, 4.69) is 10.2 Å². The van der Waals surface area contributed by atoms with Gasteiger partial charge in [-0.05, 0) is 66.9 Å². The average Bonchev–Trinajstić information content (AvgIpc) is 3.44. The van der Waals surface area contributed by atoms with Crippen LogP contribution in [0.25, 0.3) is 5.57 Å². The average molecular weight is 445 g/mol. The van der Waals surface area contributed by atoms with Crippen molar-refractivity contribution in [2.24, 2.45) is 0 Å². The van der Waals surface area contributed by atoms with Gasteiger partial charge in [-0.1, -0.05) is 24.3 Å². The number of hydrogen-bond acceptors (Lipinski definition) is 4. The van der Waals surface area contributed by atoms with Gasteiger partial charge in [0.2, 0.25) is 0 Å². The number of imide groups is 1. The molecule has 0 aromatic heterocycles. The summed E-state index contributed by atoms with van der Waals surface area (Å²) in [5.41, 5.74) is 2.02. The zero-order chi connectivity index (χ0) is 22.9. The molecule has 2 heterocycles. The van der Waals surface area contributed by atoms with Gasteiger partial charge in [-0.3, -0.25) is 9.59 Å². The molecule has 2 amide bonds. The van der Waals surface area contributed by atoms with Crippen molar-refractivity contribution >= 4 is 34.4 Å². The van der Waals surface area contributed by atoms with Gasteiger partial charge in [-0.15, -0.1) is 0 Å². The highest BCUT2D eigenvalue weighted by molar-refractivity contribution is 6.46. The van der Waals surface area contributed by atoms with Crippen LogP contribution < -0.4 is 15.1 Å². The third-order valence-corrected chi connectivity index (χ3v) is 5.92. The molecule has 0 unspecified atom stereocenters. The van der Waals surface area contributed by atoms with E-state index < -0.39 is 23.4 Å². The summed E-state index contributed by atoms with van der Waals surface area (Å²) < 4.78 is 28.0. The van der Waals surface area contributed by atoms with Gasteiger partial charge in [0.05, 0.1) is 11.3 Å². The van der Waals surface area contributed by atoms with Crippen LogP contribution in [0.3, 0.4) is 0 Å². The van der Waals surface area contributed by atoms with Gasteiger partial charge >= 0.3 is 0 Å². The summed E-state index contributed by atoms with van der Waals surface area (Å²) in [5, 5.41) is 3.05. The SMILES string of the molecule is O=C1C(Nc2ccc(N3CCCC3)cc2)=C(c2ccc(F)cc2)C(=O)N1c1ccccc1F. The van der Waals surface area contributed by atoms with Crippen molar-refractivity contribution in [1.82, 2.24) is 0 Å². The summed E-state index contributed by atoms with van der Waals surface area (Å²) in [7, 11) is 0. The molecule has 0 atom stereocenters. The third-order valence-electron chi connectivity index (χ3n) is 5.92. The Hall–Kier alpha value is -4.00. The van der Waals surface area contributed by atoms with Gasteiger partial charge in [0.25, 0.3) is 11.8 Å². The van der Waals surface area contributed by atoms with Gasteiger partial charge < -0.3 is 10.2 Å². The molecule has 1 N–H and O–H groups in total. The van der Waals surface area contributed by atoms with Crippen LogP contribution in [0.2, 0.25) is 0 Å². The normalized spacial score (nSPS) is 16.2. The fourth-order valence-corrected chi connectivity index (χ4v) is 4.26. The summed E-state index contributed by atoms with van der Waals surface area (Å²) in [6, 6.07) is 18.5. The number of hydrogen-bond donors (Lipinski definition) is 1. The zero-order valence-corrected chi connectivity index (χ0v) is 17.7. The lowest BCUT2D eigenvalue weighted by molar-refractivity contribution is -0.120. The number of benzene rings is 3. The molecule has 2 aliphatic heterocycles. The lowest BCUT2D eigenvalue weighted by atomic mass is 10.0. The molecule has 1 fully saturated rings. The zero-order valence-electron chi connectivity index (χ0n) is 17.7. The molecule has 5 nitrogen and oxygen atoms in total. The second-order valence-electron chi connectivity index (χ2n) is 8.02. The van der Waals surface area contributed by atoms with Crippen LogP contribution in [-0.4, -0.2) is 24.9 Å². The van der Waals surface area contributed by atoms with E-state index in [-0.39, 0.29) is 17.0 Å². The van der Waals surface area contributed by atoms with Crippen LogP contribution in [0.4, 0.5) is 25.8 Å². The Labute approximate surface area is 189 Å². The van der Waals surface area contributed by atoms with E-state index >= 15 is 0 Å². The van der Waals surface area contributed by atoms with Crippen LogP contribution >= 0.6 is 0 Å². The second-order valence-corrected chi connectivity index (χ2v) is 8.02. The van der Waals surface area contributed by atoms with E-state index in [1.165, 1.54) is 42.5 Å². The fraction of sp³-hybridized carbons (Fsp3) is 0.154. The Morgan fingerprint density at radius 1 is 0.758 bits per heavy atom. The molecule has 0 radical (unpaired) electrons. The number of nitrogens with zero attached hydrogens (tertiary/aromatic N) is 2. The van der Waals surface area contributed by atoms with Crippen molar-refractivity contribution in [3.05, 3.63) is 95.7 Å². The molecular formula is C26H21F2N3O2. The highest BCUT2D eigenvalue weighted by Crippen LogP contribution is 2.35. The Kier molecular flexibility index (Phi) is 5.38. The largest absolute Gasteiger partial charge is 0.372 e. The van der Waals surface area contributed by atoms with E-state index in [1.54, 1.807) is 6.07 Å². The smallest absolute Gasteiger partial charge is 0.282 e. The molecule has 2 aliphatic rings. The number of rotatable bonds is 5. The second kappa shape index (κ2) is 8.50. The van der Waals surface area contributed by atoms with Gasteiger partial charge in [0.1, 0.15) is 17.3 Å². The molecule has 3 aromatic carbocycles. The van der Waals surface area contributed by atoms with Crippen molar-refractivity contribution in [2.45, 2.75) is 12.8 Å². The minimum atomic E-state index is -0.686. The first kappa shape index (κ1) is 20.9. The quantitative estimate of drug-likeness (QED) is 0.564. The van der Waals surface area contributed by atoms with Crippen molar-refractivity contribution < 1.29 is 18.4 Å². The van der Waals surface area contributed by atoms with Crippen molar-refractivity contribution in [1.29, 1.82) is 0 Å². The summed E-state index contributed by atoms with van der Waals surface area (Å²) in [6.07, 6.45) is 2.33. The molecule has 0 aliphatic carbocycles. The first-order chi connectivity index (χ1) is 16.0. The van der Waals surface area contributed by atoms with Crippen molar-refractivity contribution in [2.75, 3.05) is 28.2 Å². The maximum absolute atomic E-state index is 14.5. The van der Waals surface area contributed by atoms with Gasteiger partial charge in [-0.25, -0.2) is 13.7 Å². The van der Waals surface area contributed by atoms with Crippen LogP contribution in [-0.2, 0) is 9.59 Å². The van der Waals surface area contributed by atoms with Crippen LogP contribution in [0.15, 0.2) is 78.5 Å². The molecule has 3 aromatic rings. The molecule has 0 bridgehead atoms. The van der Waals surface area contributed by atoms with Crippen molar-refractivity contribution in [3.63, 3.8) is 0 Å². The van der Waals surface area contributed by atoms with E-state index in [0.29, 0.717) is 11.3 Å². The Morgan fingerprint density at radius 3 is 2.09 bits per heavy atom. The van der Waals surface area contributed by atoms with Gasteiger partial charge in [0, 0.05) is 24.5 Å². The monoisotopic (exact) mass is 445 g/mol. The van der Waals surface area contributed by atoms with Gasteiger partial charge in [-0.2, -0.15) is 0 Å². The van der Waals surface area contributed by atoms with Crippen molar-refractivity contribution in [3.8, 4) is 0 Å². The number of amides is 2. The first-order valence-corrected chi connectivity index (χ1v) is 10.8. The fourth-order valence-electron chi connectivity index (χ4n) is 4.26. The minimum Gasteiger partial charge on any atom is -0.372 e. The Bertz CT molecular complexity index is 1250. The summed E-state index contributed by atoms with van der Waals surface area (Å²) in [5.74, 6) is -2.50. The van der Waals surface area contributed by atoms with Crippen LogP contribution in [0.1, 0.15) is 18.4 Å². The lowest BCUT2D eigenvalue weighted by Crippen LogP contribution is -2.33. The van der Waals surface area contributed by atoms with E-state index in [0.717, 1.165) is 36.5 Å². The van der Waals surface area contributed by atoms with Crippen LogP contribution in [0, 0.1) is 11.6 Å². The van der Waals surface area contributed by atoms with Crippen LogP contribution in [0.5, 0.6) is 0 Å². The number of carbonyl (C=O) groups excluding carboxylic acids is 2. The summed E-state index contributed by atoms with van der Waals surface area (Å²) in [4.78, 5) is 29.8. The number of carbonyl (C=O) groups is 2. The Balaban J connectivity index is 1.53.